The van der Waals surface area contributed by atoms with E-state index in [0.29, 0.717) is 6.42 Å². The van der Waals surface area contributed by atoms with Crippen LogP contribution in [-0.4, -0.2) is 38.8 Å². The van der Waals surface area contributed by atoms with Crippen LogP contribution in [0.4, 0.5) is 0 Å². The summed E-state index contributed by atoms with van der Waals surface area (Å²) in [5.74, 6) is -0.651. The highest BCUT2D eigenvalue weighted by atomic mass is 31.2. The van der Waals surface area contributed by atoms with E-state index in [2.05, 4.69) is 12.2 Å². The normalized spacial score (nSPS) is 11.4. The first kappa shape index (κ1) is 43.7. The number of carbonyl (C=O) groups is 1. The van der Waals surface area contributed by atoms with E-state index in [9.17, 15) is 4.79 Å². The molecule has 0 fully saturated rings. The molecule has 0 spiro atoms. The molecule has 0 aliphatic rings. The molecular formula is C34H72NO6P. The Morgan fingerprint density at radius 2 is 0.667 bits per heavy atom. The Balaban J connectivity index is 0. The Labute approximate surface area is 260 Å². The van der Waals surface area contributed by atoms with Crippen LogP contribution in [0, 0.1) is 0 Å². The molecule has 5 N–H and O–H groups in total. The molecule has 0 atom stereocenters. The van der Waals surface area contributed by atoms with E-state index in [-0.39, 0.29) is 0 Å². The molecule has 8 heteroatoms. The van der Waals surface area contributed by atoms with Crippen LogP contribution in [0.2, 0.25) is 0 Å². The molecule has 0 saturated carbocycles. The predicted octanol–water partition coefficient (Wildman–Crippen LogP) is 10.5. The zero-order valence-electron chi connectivity index (χ0n) is 27.7. The van der Waals surface area contributed by atoms with Gasteiger partial charge < -0.3 is 25.1 Å². The Morgan fingerprint density at radius 1 is 0.452 bits per heavy atom. The number of hydrogen-bond acceptors (Lipinski definition) is 3. The van der Waals surface area contributed by atoms with E-state index in [0.717, 1.165) is 12.8 Å². The van der Waals surface area contributed by atoms with E-state index in [1.165, 1.54) is 186 Å². The highest BCUT2D eigenvalue weighted by Gasteiger charge is 2.00. The average Bonchev–Trinajstić information content (AvgIpc) is 2.92. The van der Waals surface area contributed by atoms with Crippen molar-refractivity contribution < 1.29 is 29.1 Å². The molecule has 0 aromatic heterocycles. The predicted molar refractivity (Wildman–Crippen MR) is 179 cm³/mol. The van der Waals surface area contributed by atoms with Crippen LogP contribution < -0.4 is 5.32 Å². The van der Waals surface area contributed by atoms with Crippen molar-refractivity contribution in [3.05, 3.63) is 0 Å². The van der Waals surface area contributed by atoms with Crippen LogP contribution in [0.5, 0.6) is 0 Å². The lowest BCUT2D eigenvalue weighted by Crippen LogP contribution is -2.16. The maximum Gasteiger partial charge on any atom is 0.466 e. The minimum atomic E-state index is -4.64. The molecule has 0 amide bonds. The molecule has 0 saturated heterocycles. The molecule has 0 unspecified atom stereocenters. The number of phosphoric acid groups is 1. The summed E-state index contributed by atoms with van der Waals surface area (Å²) < 4.78 is 8.88. The Hall–Kier alpha value is -0.460. The summed E-state index contributed by atoms with van der Waals surface area (Å²) in [5.41, 5.74) is 0. The van der Waals surface area contributed by atoms with Crippen molar-refractivity contribution in [3.8, 4) is 0 Å². The standard InChI is InChI=1S/C34H69NO2.H3O4P/c1-2-3-4-5-6-7-8-9-10-11-14-17-20-23-26-29-32-35-33-30-27-24-21-18-15-12-13-16-19-22-25-28-31-34(36)37;1-5(2,3)4/h35H,2-33H2,1H3,(H,36,37);(H3,1,2,3,4). The summed E-state index contributed by atoms with van der Waals surface area (Å²) in [4.78, 5) is 32.0. The number of rotatable bonds is 33. The number of nitrogens with one attached hydrogen (secondary N) is 1. The van der Waals surface area contributed by atoms with Crippen molar-refractivity contribution in [2.45, 2.75) is 200 Å². The maximum atomic E-state index is 10.5. The minimum Gasteiger partial charge on any atom is -0.481 e. The van der Waals surface area contributed by atoms with E-state index in [4.69, 9.17) is 24.4 Å². The summed E-state index contributed by atoms with van der Waals surface area (Å²) in [6.07, 6.45) is 40.3. The van der Waals surface area contributed by atoms with E-state index >= 15 is 0 Å². The van der Waals surface area contributed by atoms with Crippen LogP contribution in [0.25, 0.3) is 0 Å². The first-order valence-corrected chi connectivity index (χ1v) is 19.5. The third-order valence-corrected chi connectivity index (χ3v) is 7.95. The fourth-order valence-electron chi connectivity index (χ4n) is 5.39. The second-order valence-electron chi connectivity index (χ2n) is 12.3. The molecule has 0 radical (unpaired) electrons. The fraction of sp³-hybridized carbons (Fsp3) is 0.971. The Morgan fingerprint density at radius 3 is 0.905 bits per heavy atom. The number of aliphatic carboxylic acids is 1. The highest BCUT2D eigenvalue weighted by molar-refractivity contribution is 7.45. The summed E-state index contributed by atoms with van der Waals surface area (Å²) >= 11 is 0. The number of carboxylic acids is 1. The molecule has 254 valence electrons. The van der Waals surface area contributed by atoms with Crippen LogP contribution in [0.3, 0.4) is 0 Å². The quantitative estimate of drug-likeness (QED) is 0.0364. The number of unbranched alkanes of at least 4 members (excludes halogenated alkanes) is 27. The SMILES string of the molecule is CCCCCCCCCCCCCCCCCCNCCCCCCCCCCCCCCCC(=O)O.O=P(O)(O)O. The van der Waals surface area contributed by atoms with E-state index in [1.807, 2.05) is 0 Å². The fourth-order valence-corrected chi connectivity index (χ4v) is 5.39. The number of hydrogen-bond donors (Lipinski definition) is 5. The molecule has 0 aliphatic heterocycles. The molecule has 7 nitrogen and oxygen atoms in total. The summed E-state index contributed by atoms with van der Waals surface area (Å²) in [5, 5.41) is 12.3. The van der Waals surface area contributed by atoms with E-state index < -0.39 is 13.8 Å². The van der Waals surface area contributed by atoms with Gasteiger partial charge in [0.15, 0.2) is 0 Å². The monoisotopic (exact) mass is 622 g/mol. The smallest absolute Gasteiger partial charge is 0.466 e. The summed E-state index contributed by atoms with van der Waals surface area (Å²) in [7, 11) is -4.64. The third-order valence-electron chi connectivity index (χ3n) is 7.95. The minimum absolute atomic E-state index is 0.343. The zero-order valence-corrected chi connectivity index (χ0v) is 28.6. The van der Waals surface area contributed by atoms with Crippen LogP contribution in [0.15, 0.2) is 0 Å². The molecule has 42 heavy (non-hydrogen) atoms. The van der Waals surface area contributed by atoms with Gasteiger partial charge in [-0.25, -0.2) is 4.57 Å². The van der Waals surface area contributed by atoms with Crippen molar-refractivity contribution in [3.63, 3.8) is 0 Å². The van der Waals surface area contributed by atoms with E-state index in [1.54, 1.807) is 0 Å². The van der Waals surface area contributed by atoms with Gasteiger partial charge in [0.2, 0.25) is 0 Å². The van der Waals surface area contributed by atoms with Crippen molar-refractivity contribution in [2.75, 3.05) is 13.1 Å². The lowest BCUT2D eigenvalue weighted by Gasteiger charge is -2.06. The van der Waals surface area contributed by atoms with Crippen molar-refractivity contribution >= 4 is 13.8 Å². The topological polar surface area (TPSA) is 127 Å². The largest absolute Gasteiger partial charge is 0.481 e. The van der Waals surface area contributed by atoms with Gasteiger partial charge >= 0.3 is 13.8 Å². The maximum absolute atomic E-state index is 10.5. The number of carboxylic acid groups (broad SMARTS) is 1. The van der Waals surface area contributed by atoms with Crippen LogP contribution in [0.1, 0.15) is 200 Å². The van der Waals surface area contributed by atoms with Crippen molar-refractivity contribution in [1.82, 2.24) is 5.32 Å². The average molecular weight is 622 g/mol. The molecule has 0 heterocycles. The Bertz CT molecular complexity index is 564. The van der Waals surface area contributed by atoms with Gasteiger partial charge in [-0.15, -0.1) is 0 Å². The van der Waals surface area contributed by atoms with Gasteiger partial charge in [-0.3, -0.25) is 4.79 Å². The van der Waals surface area contributed by atoms with Gasteiger partial charge in [0, 0.05) is 6.42 Å². The van der Waals surface area contributed by atoms with Gasteiger partial charge in [0.1, 0.15) is 0 Å². The third kappa shape index (κ3) is 52.2. The highest BCUT2D eigenvalue weighted by Crippen LogP contribution is 2.25. The Kier molecular flexibility index (Phi) is 38.2. The van der Waals surface area contributed by atoms with Gasteiger partial charge in [0.25, 0.3) is 0 Å². The molecule has 0 rings (SSSR count). The first-order chi connectivity index (χ1) is 20.3. The molecule has 0 aromatic rings. The van der Waals surface area contributed by atoms with Gasteiger partial charge in [-0.1, -0.05) is 174 Å². The zero-order chi connectivity index (χ0) is 31.4. The van der Waals surface area contributed by atoms with Crippen molar-refractivity contribution in [2.24, 2.45) is 0 Å². The molecule has 0 aromatic carbocycles. The van der Waals surface area contributed by atoms with Gasteiger partial charge in [-0.05, 0) is 32.4 Å². The second kappa shape index (κ2) is 36.7. The van der Waals surface area contributed by atoms with Crippen LogP contribution >= 0.6 is 7.82 Å². The summed E-state index contributed by atoms with van der Waals surface area (Å²) in [6, 6.07) is 0. The first-order valence-electron chi connectivity index (χ1n) is 18.0. The lowest BCUT2D eigenvalue weighted by atomic mass is 10.0. The molecular weight excluding hydrogens is 549 g/mol. The van der Waals surface area contributed by atoms with Gasteiger partial charge in [0.05, 0.1) is 0 Å². The molecule has 0 aliphatic carbocycles. The van der Waals surface area contributed by atoms with Gasteiger partial charge in [-0.2, -0.15) is 0 Å². The second-order valence-corrected chi connectivity index (χ2v) is 13.3. The lowest BCUT2D eigenvalue weighted by molar-refractivity contribution is -0.137. The summed E-state index contributed by atoms with van der Waals surface area (Å²) in [6.45, 7) is 4.73. The van der Waals surface area contributed by atoms with Crippen molar-refractivity contribution in [1.29, 1.82) is 0 Å². The molecule has 0 bridgehead atoms. The van der Waals surface area contributed by atoms with Crippen LogP contribution in [-0.2, 0) is 9.36 Å².